The molecule has 1 N–H and O–H groups in total. The number of thioether (sulfide) groups is 1. The molecule has 1 atom stereocenters. The maximum Gasteiger partial charge on any atom is 0.234 e. The molecule has 0 aliphatic heterocycles. The third-order valence-corrected chi connectivity index (χ3v) is 5.85. The highest BCUT2D eigenvalue weighted by Crippen LogP contribution is 2.27. The monoisotopic (exact) mass is 454 g/mol. The van der Waals surface area contributed by atoms with Crippen molar-refractivity contribution in [2.45, 2.75) is 18.2 Å². The van der Waals surface area contributed by atoms with Gasteiger partial charge in [-0.3, -0.25) is 4.79 Å². The van der Waals surface area contributed by atoms with E-state index in [0.717, 1.165) is 28.6 Å². The van der Waals surface area contributed by atoms with E-state index in [-0.39, 0.29) is 17.4 Å². The molecule has 164 valence electrons. The normalized spacial score (nSPS) is 12.0. The van der Waals surface area contributed by atoms with E-state index >= 15 is 0 Å². The van der Waals surface area contributed by atoms with Gasteiger partial charge in [-0.15, -0.1) is 10.2 Å². The number of nitrogens with zero attached hydrogens (tertiary/aromatic N) is 3. The van der Waals surface area contributed by atoms with Crippen LogP contribution in [0.3, 0.4) is 0 Å². The molecule has 1 unspecified atom stereocenters. The summed E-state index contributed by atoms with van der Waals surface area (Å²) in [6, 6.07) is 16.7. The van der Waals surface area contributed by atoms with Crippen molar-refractivity contribution in [3.63, 3.8) is 0 Å². The van der Waals surface area contributed by atoms with Crippen molar-refractivity contribution in [3.8, 4) is 5.75 Å². The molecule has 0 radical (unpaired) electrons. The molecule has 9 heteroatoms. The summed E-state index contributed by atoms with van der Waals surface area (Å²) < 4.78 is 34.2. The minimum absolute atomic E-state index is 0.0782. The van der Waals surface area contributed by atoms with E-state index in [1.807, 2.05) is 42.5 Å². The number of ether oxygens (including phenoxy) is 1. The number of anilines is 1. The van der Waals surface area contributed by atoms with Gasteiger partial charge in [0.2, 0.25) is 5.91 Å². The summed E-state index contributed by atoms with van der Waals surface area (Å²) in [4.78, 5) is 12.5. The minimum Gasteiger partial charge on any atom is -0.480 e. The fourth-order valence-corrected chi connectivity index (χ4v) is 3.99. The van der Waals surface area contributed by atoms with E-state index in [1.165, 1.54) is 17.8 Å². The van der Waals surface area contributed by atoms with Crippen LogP contribution in [0, 0.1) is 11.6 Å². The Morgan fingerprint density at radius 1 is 1.12 bits per heavy atom. The number of fused-ring (bicyclic) bond motifs is 1. The molecule has 1 amide bonds. The van der Waals surface area contributed by atoms with Crippen LogP contribution < -0.4 is 10.1 Å². The van der Waals surface area contributed by atoms with Crippen LogP contribution in [0.15, 0.2) is 65.8 Å². The number of aromatic nitrogens is 3. The highest BCUT2D eigenvalue weighted by atomic mass is 32.2. The van der Waals surface area contributed by atoms with Gasteiger partial charge in [-0.2, -0.15) is 0 Å². The van der Waals surface area contributed by atoms with Crippen LogP contribution in [-0.4, -0.2) is 26.4 Å². The van der Waals surface area contributed by atoms with Crippen molar-refractivity contribution in [3.05, 3.63) is 78.1 Å². The number of halogens is 2. The van der Waals surface area contributed by atoms with Crippen molar-refractivity contribution in [1.82, 2.24) is 14.8 Å². The van der Waals surface area contributed by atoms with E-state index in [1.54, 1.807) is 18.5 Å². The molecule has 0 spiro atoms. The summed E-state index contributed by atoms with van der Waals surface area (Å²) in [7, 11) is 1.74. The average Bonchev–Trinajstić information content (AvgIpc) is 3.15. The second-order valence-electron chi connectivity index (χ2n) is 7.10. The molecule has 0 bridgehead atoms. The average molecular weight is 455 g/mol. The number of benzene rings is 3. The number of amides is 1. The maximum absolute atomic E-state index is 13.9. The maximum atomic E-state index is 13.9. The van der Waals surface area contributed by atoms with Crippen LogP contribution in [-0.2, 0) is 11.8 Å². The number of rotatable bonds is 7. The standard InChI is InChI=1S/C23H20F2N4O2S/c1-14(31-20-11-10-16(24)12-18(20)25)22-27-28-23(29(22)2)32-13-21(30)26-19-9-5-7-15-6-3-4-8-17(15)19/h3-12,14H,13H2,1-2H3,(H,26,30). The van der Waals surface area contributed by atoms with Gasteiger partial charge in [0.15, 0.2) is 28.7 Å². The number of hydrogen-bond acceptors (Lipinski definition) is 5. The molecule has 0 saturated heterocycles. The van der Waals surface area contributed by atoms with Crippen molar-refractivity contribution in [1.29, 1.82) is 0 Å². The van der Waals surface area contributed by atoms with Gasteiger partial charge in [0, 0.05) is 24.2 Å². The van der Waals surface area contributed by atoms with E-state index < -0.39 is 17.7 Å². The SMILES string of the molecule is CC(Oc1ccc(F)cc1F)c1nnc(SCC(=O)Nc2cccc3ccccc23)n1C. The molecule has 0 aliphatic carbocycles. The summed E-state index contributed by atoms with van der Waals surface area (Å²) in [6.07, 6.45) is -0.633. The first-order chi connectivity index (χ1) is 15.4. The Kier molecular flexibility index (Phi) is 6.36. The highest BCUT2D eigenvalue weighted by molar-refractivity contribution is 7.99. The Bertz CT molecular complexity index is 1270. The van der Waals surface area contributed by atoms with E-state index in [9.17, 15) is 13.6 Å². The zero-order valence-electron chi connectivity index (χ0n) is 17.4. The molecule has 4 aromatic rings. The van der Waals surface area contributed by atoms with Gasteiger partial charge in [0.05, 0.1) is 5.75 Å². The summed E-state index contributed by atoms with van der Waals surface area (Å²) in [5, 5.41) is 13.7. The van der Waals surface area contributed by atoms with Crippen LogP contribution >= 0.6 is 11.8 Å². The predicted molar refractivity (Wildman–Crippen MR) is 120 cm³/mol. The summed E-state index contributed by atoms with van der Waals surface area (Å²) in [5.41, 5.74) is 0.746. The molecule has 1 heterocycles. The smallest absolute Gasteiger partial charge is 0.234 e. The van der Waals surface area contributed by atoms with Crippen LogP contribution in [0.5, 0.6) is 5.75 Å². The minimum atomic E-state index is -0.793. The van der Waals surface area contributed by atoms with Crippen LogP contribution in [0.1, 0.15) is 18.9 Å². The highest BCUT2D eigenvalue weighted by Gasteiger charge is 2.19. The third kappa shape index (κ3) is 4.72. The molecule has 32 heavy (non-hydrogen) atoms. The van der Waals surface area contributed by atoms with Gasteiger partial charge in [0.1, 0.15) is 5.82 Å². The predicted octanol–water partition coefficient (Wildman–Crippen LogP) is 5.12. The quantitative estimate of drug-likeness (QED) is 0.393. The lowest BCUT2D eigenvalue weighted by molar-refractivity contribution is -0.113. The van der Waals surface area contributed by atoms with Gasteiger partial charge in [-0.25, -0.2) is 8.78 Å². The van der Waals surface area contributed by atoms with Gasteiger partial charge in [-0.05, 0) is 30.5 Å². The molecule has 6 nitrogen and oxygen atoms in total. The van der Waals surface area contributed by atoms with Gasteiger partial charge in [0.25, 0.3) is 0 Å². The van der Waals surface area contributed by atoms with Gasteiger partial charge < -0.3 is 14.6 Å². The Hall–Kier alpha value is -3.46. The summed E-state index contributed by atoms with van der Waals surface area (Å²) in [5.74, 6) is -1.14. The molecule has 4 rings (SSSR count). The zero-order chi connectivity index (χ0) is 22.7. The zero-order valence-corrected chi connectivity index (χ0v) is 18.2. The van der Waals surface area contributed by atoms with Crippen LogP contribution in [0.2, 0.25) is 0 Å². The first kappa shape index (κ1) is 21.8. The number of carbonyl (C=O) groups excluding carboxylic acids is 1. The topological polar surface area (TPSA) is 69.0 Å². The first-order valence-corrected chi connectivity index (χ1v) is 10.8. The fourth-order valence-electron chi connectivity index (χ4n) is 3.27. The van der Waals surface area contributed by atoms with Crippen molar-refractivity contribution < 1.29 is 18.3 Å². The Balaban J connectivity index is 1.39. The molecule has 0 saturated carbocycles. The Morgan fingerprint density at radius 2 is 1.91 bits per heavy atom. The summed E-state index contributed by atoms with van der Waals surface area (Å²) >= 11 is 1.23. The third-order valence-electron chi connectivity index (χ3n) is 4.83. The first-order valence-electron chi connectivity index (χ1n) is 9.84. The van der Waals surface area contributed by atoms with Crippen LogP contribution in [0.25, 0.3) is 10.8 Å². The number of nitrogens with one attached hydrogen (secondary N) is 1. The van der Waals surface area contributed by atoms with Crippen LogP contribution in [0.4, 0.5) is 14.5 Å². The molecular weight excluding hydrogens is 434 g/mol. The fraction of sp³-hybridized carbons (Fsp3) is 0.174. The van der Waals surface area contributed by atoms with E-state index in [0.29, 0.717) is 11.0 Å². The van der Waals surface area contributed by atoms with E-state index in [2.05, 4.69) is 15.5 Å². The molecule has 3 aromatic carbocycles. The Labute approximate surface area is 187 Å². The van der Waals surface area contributed by atoms with Crippen molar-refractivity contribution in [2.75, 3.05) is 11.1 Å². The van der Waals surface area contributed by atoms with Gasteiger partial charge in [-0.1, -0.05) is 48.2 Å². The van der Waals surface area contributed by atoms with Crippen molar-refractivity contribution >= 4 is 34.1 Å². The lowest BCUT2D eigenvalue weighted by Crippen LogP contribution is -2.15. The van der Waals surface area contributed by atoms with E-state index in [4.69, 9.17) is 4.74 Å². The number of hydrogen-bond donors (Lipinski definition) is 1. The van der Waals surface area contributed by atoms with Gasteiger partial charge >= 0.3 is 0 Å². The lowest BCUT2D eigenvalue weighted by Gasteiger charge is -2.14. The number of carbonyl (C=O) groups is 1. The lowest BCUT2D eigenvalue weighted by atomic mass is 10.1. The molecular formula is C23H20F2N4O2S. The molecule has 1 aromatic heterocycles. The Morgan fingerprint density at radius 3 is 2.72 bits per heavy atom. The molecule has 0 fully saturated rings. The van der Waals surface area contributed by atoms with Crippen molar-refractivity contribution in [2.24, 2.45) is 7.05 Å². The second-order valence-corrected chi connectivity index (χ2v) is 8.04. The largest absolute Gasteiger partial charge is 0.480 e. The molecule has 0 aliphatic rings. The second kappa shape index (κ2) is 9.35. The summed E-state index contributed by atoms with van der Waals surface area (Å²) in [6.45, 7) is 1.69.